The van der Waals surface area contributed by atoms with Crippen LogP contribution < -0.4 is 10.1 Å². The van der Waals surface area contributed by atoms with Crippen molar-refractivity contribution in [1.82, 2.24) is 0 Å². The maximum Gasteiger partial charge on any atom is 0.120 e. The van der Waals surface area contributed by atoms with Gasteiger partial charge in [0.2, 0.25) is 0 Å². The fraction of sp³-hybridized carbons (Fsp3) is 0.333. The van der Waals surface area contributed by atoms with Gasteiger partial charge in [0.15, 0.2) is 0 Å². The molecule has 2 aromatic rings. The third-order valence-electron chi connectivity index (χ3n) is 3.73. The van der Waals surface area contributed by atoms with Crippen molar-refractivity contribution in [3.05, 3.63) is 60.2 Å². The molecule has 0 fully saturated rings. The highest BCUT2D eigenvalue weighted by atomic mass is 16.5. The quantitative estimate of drug-likeness (QED) is 0.813. The molecule has 3 nitrogen and oxygen atoms in total. The van der Waals surface area contributed by atoms with Crippen LogP contribution >= 0.6 is 0 Å². The average Bonchev–Trinajstić information content (AvgIpc) is 2.55. The van der Waals surface area contributed by atoms with E-state index >= 15 is 0 Å². The zero-order valence-corrected chi connectivity index (χ0v) is 12.7. The van der Waals surface area contributed by atoms with E-state index < -0.39 is 5.54 Å². The molecule has 0 aliphatic carbocycles. The van der Waals surface area contributed by atoms with Crippen LogP contribution in [0.15, 0.2) is 54.6 Å². The molecule has 0 saturated heterocycles. The number of anilines is 1. The van der Waals surface area contributed by atoms with E-state index in [0.717, 1.165) is 29.8 Å². The molecule has 0 radical (unpaired) electrons. The SMILES string of the molecule is CCCC(CO)(Nc1cccc(OC)c1)c1ccccc1. The Morgan fingerprint density at radius 2 is 1.86 bits per heavy atom. The van der Waals surface area contributed by atoms with Gasteiger partial charge in [-0.15, -0.1) is 0 Å². The Kier molecular flexibility index (Phi) is 5.23. The van der Waals surface area contributed by atoms with Gasteiger partial charge in [-0.3, -0.25) is 0 Å². The smallest absolute Gasteiger partial charge is 0.120 e. The molecule has 2 aromatic carbocycles. The maximum absolute atomic E-state index is 10.1. The second-order valence-corrected chi connectivity index (χ2v) is 5.21. The number of nitrogens with one attached hydrogen (secondary N) is 1. The summed E-state index contributed by atoms with van der Waals surface area (Å²) in [5.74, 6) is 0.802. The fourth-order valence-corrected chi connectivity index (χ4v) is 2.65. The Balaban J connectivity index is 2.36. The largest absolute Gasteiger partial charge is 0.497 e. The molecular weight excluding hydrogens is 262 g/mol. The van der Waals surface area contributed by atoms with Gasteiger partial charge in [-0.1, -0.05) is 49.7 Å². The average molecular weight is 285 g/mol. The highest BCUT2D eigenvalue weighted by Crippen LogP contribution is 2.31. The van der Waals surface area contributed by atoms with Crippen molar-refractivity contribution in [2.75, 3.05) is 19.0 Å². The van der Waals surface area contributed by atoms with E-state index in [0.29, 0.717) is 0 Å². The van der Waals surface area contributed by atoms with Crippen LogP contribution in [0.2, 0.25) is 0 Å². The molecule has 21 heavy (non-hydrogen) atoms. The number of ether oxygens (including phenoxy) is 1. The maximum atomic E-state index is 10.1. The lowest BCUT2D eigenvalue weighted by Crippen LogP contribution is -2.39. The molecule has 0 aliphatic rings. The molecule has 0 spiro atoms. The van der Waals surface area contributed by atoms with E-state index in [9.17, 15) is 5.11 Å². The predicted octanol–water partition coefficient (Wildman–Crippen LogP) is 3.80. The van der Waals surface area contributed by atoms with Gasteiger partial charge >= 0.3 is 0 Å². The first kappa shape index (κ1) is 15.4. The third-order valence-corrected chi connectivity index (χ3v) is 3.73. The van der Waals surface area contributed by atoms with E-state index in [2.05, 4.69) is 24.4 Å². The molecule has 1 atom stereocenters. The second kappa shape index (κ2) is 7.14. The molecule has 1 unspecified atom stereocenters. The van der Waals surface area contributed by atoms with Gasteiger partial charge < -0.3 is 15.2 Å². The molecule has 0 aromatic heterocycles. The van der Waals surface area contributed by atoms with Crippen molar-refractivity contribution >= 4 is 5.69 Å². The molecule has 0 saturated carbocycles. The molecule has 0 amide bonds. The summed E-state index contributed by atoms with van der Waals surface area (Å²) in [6.07, 6.45) is 1.83. The minimum Gasteiger partial charge on any atom is -0.497 e. The van der Waals surface area contributed by atoms with Crippen molar-refractivity contribution < 1.29 is 9.84 Å². The predicted molar refractivity (Wildman–Crippen MR) is 86.7 cm³/mol. The van der Waals surface area contributed by atoms with Gasteiger partial charge in [0.1, 0.15) is 5.75 Å². The first-order valence-corrected chi connectivity index (χ1v) is 7.32. The molecule has 0 bridgehead atoms. The monoisotopic (exact) mass is 285 g/mol. The summed E-state index contributed by atoms with van der Waals surface area (Å²) in [6.45, 7) is 2.17. The molecule has 2 rings (SSSR count). The first-order valence-electron chi connectivity index (χ1n) is 7.32. The van der Waals surface area contributed by atoms with E-state index in [4.69, 9.17) is 4.74 Å². The zero-order valence-electron chi connectivity index (χ0n) is 12.7. The standard InChI is InChI=1S/C18H23NO2/c1-3-12-18(14-20,15-8-5-4-6-9-15)19-16-10-7-11-17(13-16)21-2/h4-11,13,19-20H,3,12,14H2,1-2H3. The Morgan fingerprint density at radius 3 is 2.48 bits per heavy atom. The van der Waals surface area contributed by atoms with Crippen molar-refractivity contribution in [2.24, 2.45) is 0 Å². The summed E-state index contributed by atoms with van der Waals surface area (Å²) >= 11 is 0. The number of benzene rings is 2. The van der Waals surface area contributed by atoms with Crippen LogP contribution in [-0.2, 0) is 5.54 Å². The number of rotatable bonds is 7. The van der Waals surface area contributed by atoms with Gasteiger partial charge in [0.25, 0.3) is 0 Å². The normalized spacial score (nSPS) is 13.5. The van der Waals surface area contributed by atoms with Crippen molar-refractivity contribution in [3.8, 4) is 5.75 Å². The summed E-state index contributed by atoms with van der Waals surface area (Å²) in [4.78, 5) is 0. The van der Waals surface area contributed by atoms with Crippen molar-refractivity contribution in [3.63, 3.8) is 0 Å². The van der Waals surface area contributed by atoms with Gasteiger partial charge in [0.05, 0.1) is 19.3 Å². The molecule has 0 heterocycles. The number of hydrogen-bond donors (Lipinski definition) is 2. The fourth-order valence-electron chi connectivity index (χ4n) is 2.65. The van der Waals surface area contributed by atoms with E-state index in [1.807, 2.05) is 42.5 Å². The Bertz CT molecular complexity index is 556. The Morgan fingerprint density at radius 1 is 1.10 bits per heavy atom. The number of aliphatic hydroxyl groups excluding tert-OH is 1. The lowest BCUT2D eigenvalue weighted by atomic mass is 9.86. The van der Waals surface area contributed by atoms with Gasteiger partial charge in [-0.25, -0.2) is 0 Å². The van der Waals surface area contributed by atoms with Crippen LogP contribution in [-0.4, -0.2) is 18.8 Å². The molecular formula is C18H23NO2. The van der Waals surface area contributed by atoms with Crippen molar-refractivity contribution in [1.29, 1.82) is 0 Å². The lowest BCUT2D eigenvalue weighted by Gasteiger charge is -2.34. The topological polar surface area (TPSA) is 41.5 Å². The molecule has 2 N–H and O–H groups in total. The van der Waals surface area contributed by atoms with Crippen LogP contribution in [0.1, 0.15) is 25.3 Å². The van der Waals surface area contributed by atoms with Crippen molar-refractivity contribution in [2.45, 2.75) is 25.3 Å². The summed E-state index contributed by atoms with van der Waals surface area (Å²) in [7, 11) is 1.65. The highest BCUT2D eigenvalue weighted by molar-refractivity contribution is 5.52. The molecule has 112 valence electrons. The van der Waals surface area contributed by atoms with Gasteiger partial charge in [-0.2, -0.15) is 0 Å². The van der Waals surface area contributed by atoms with E-state index in [1.54, 1.807) is 7.11 Å². The van der Waals surface area contributed by atoms with Gasteiger partial charge in [0, 0.05) is 11.8 Å². The number of methoxy groups -OCH3 is 1. The third kappa shape index (κ3) is 3.56. The van der Waals surface area contributed by atoms with E-state index in [-0.39, 0.29) is 6.61 Å². The van der Waals surface area contributed by atoms with Gasteiger partial charge in [-0.05, 0) is 24.1 Å². The van der Waals surface area contributed by atoms with E-state index in [1.165, 1.54) is 0 Å². The zero-order chi connectivity index (χ0) is 15.1. The Labute approximate surface area is 126 Å². The minimum atomic E-state index is -0.470. The van der Waals surface area contributed by atoms with Crippen LogP contribution in [0.3, 0.4) is 0 Å². The molecule has 0 aliphatic heterocycles. The summed E-state index contributed by atoms with van der Waals surface area (Å²) in [5.41, 5.74) is 1.57. The summed E-state index contributed by atoms with van der Waals surface area (Å²) in [5, 5.41) is 13.6. The van der Waals surface area contributed by atoms with Crippen LogP contribution in [0, 0.1) is 0 Å². The lowest BCUT2D eigenvalue weighted by molar-refractivity contribution is 0.202. The second-order valence-electron chi connectivity index (χ2n) is 5.21. The highest BCUT2D eigenvalue weighted by Gasteiger charge is 2.30. The van der Waals surface area contributed by atoms with Crippen LogP contribution in [0.25, 0.3) is 0 Å². The first-order chi connectivity index (χ1) is 10.2. The van der Waals surface area contributed by atoms with Crippen LogP contribution in [0.5, 0.6) is 5.75 Å². The van der Waals surface area contributed by atoms with Crippen LogP contribution in [0.4, 0.5) is 5.69 Å². The Hall–Kier alpha value is -2.00. The minimum absolute atomic E-state index is 0.0437. The number of aliphatic hydroxyl groups is 1. The summed E-state index contributed by atoms with van der Waals surface area (Å²) < 4.78 is 5.27. The molecule has 3 heteroatoms. The summed E-state index contributed by atoms with van der Waals surface area (Å²) in [6, 6.07) is 17.9. The number of hydrogen-bond acceptors (Lipinski definition) is 3.